The minimum absolute atomic E-state index is 0.0512. The lowest BCUT2D eigenvalue weighted by molar-refractivity contribution is 0.0764. The van der Waals surface area contributed by atoms with Gasteiger partial charge in [-0.3, -0.25) is 4.79 Å². The molecule has 1 fully saturated rings. The molecular weight excluding hydrogens is 226 g/mol. The fourth-order valence-corrected chi connectivity index (χ4v) is 1.99. The van der Waals surface area contributed by atoms with Gasteiger partial charge in [0.1, 0.15) is 17.7 Å². The van der Waals surface area contributed by atoms with Gasteiger partial charge in [-0.25, -0.2) is 8.78 Å². The minimum Gasteiger partial charge on any atom is -0.323 e. The lowest BCUT2D eigenvalue weighted by Crippen LogP contribution is -2.34. The monoisotopic (exact) mass is 236 g/mol. The van der Waals surface area contributed by atoms with Gasteiger partial charge in [-0.05, 0) is 25.0 Å². The van der Waals surface area contributed by atoms with Crippen LogP contribution in [0.5, 0.6) is 0 Å². The summed E-state index contributed by atoms with van der Waals surface area (Å²) >= 11 is 0. The van der Waals surface area contributed by atoms with E-state index in [9.17, 15) is 13.6 Å². The van der Waals surface area contributed by atoms with Crippen LogP contribution in [-0.2, 0) is 0 Å². The second-order valence-corrected chi connectivity index (χ2v) is 3.94. The summed E-state index contributed by atoms with van der Waals surface area (Å²) in [6, 6.07) is 4.20. The Bertz CT molecular complexity index is 476. The van der Waals surface area contributed by atoms with Crippen molar-refractivity contribution < 1.29 is 13.6 Å². The SMILES string of the molecule is N#CC1CCCN1C(=O)c1cc(F)cc(F)c1. The number of hydrogen-bond donors (Lipinski definition) is 0. The van der Waals surface area contributed by atoms with Crippen molar-refractivity contribution in [3.05, 3.63) is 35.4 Å². The number of halogens is 2. The second kappa shape index (κ2) is 4.50. The van der Waals surface area contributed by atoms with E-state index >= 15 is 0 Å². The maximum Gasteiger partial charge on any atom is 0.255 e. The Morgan fingerprint density at radius 1 is 1.35 bits per heavy atom. The zero-order chi connectivity index (χ0) is 12.4. The van der Waals surface area contributed by atoms with E-state index < -0.39 is 23.6 Å². The average molecular weight is 236 g/mol. The van der Waals surface area contributed by atoms with Gasteiger partial charge in [0.25, 0.3) is 5.91 Å². The molecule has 1 aromatic carbocycles. The molecule has 88 valence electrons. The summed E-state index contributed by atoms with van der Waals surface area (Å²) in [6.07, 6.45) is 1.35. The van der Waals surface area contributed by atoms with Crippen molar-refractivity contribution in [1.82, 2.24) is 4.90 Å². The summed E-state index contributed by atoms with van der Waals surface area (Å²) in [5.74, 6) is -2.07. The molecule has 0 radical (unpaired) electrons. The Kier molecular flexibility index (Phi) is 3.05. The standard InChI is InChI=1S/C12H10F2N2O/c13-9-4-8(5-10(14)6-9)12(17)16-3-1-2-11(16)7-15/h4-6,11H,1-3H2. The molecule has 17 heavy (non-hydrogen) atoms. The van der Waals surface area contributed by atoms with Crippen LogP contribution in [0.3, 0.4) is 0 Å². The topological polar surface area (TPSA) is 44.1 Å². The van der Waals surface area contributed by atoms with Gasteiger partial charge in [0.05, 0.1) is 6.07 Å². The summed E-state index contributed by atoms with van der Waals surface area (Å²) in [5.41, 5.74) is -0.0512. The van der Waals surface area contributed by atoms with Crippen LogP contribution in [0, 0.1) is 23.0 Å². The third-order valence-electron chi connectivity index (χ3n) is 2.77. The van der Waals surface area contributed by atoms with Gasteiger partial charge in [0.15, 0.2) is 0 Å². The second-order valence-electron chi connectivity index (χ2n) is 3.94. The van der Waals surface area contributed by atoms with Crippen LogP contribution in [0.25, 0.3) is 0 Å². The van der Waals surface area contributed by atoms with Crippen molar-refractivity contribution in [2.24, 2.45) is 0 Å². The number of likely N-dealkylation sites (tertiary alicyclic amines) is 1. The molecule has 0 saturated carbocycles. The molecule has 1 atom stereocenters. The minimum atomic E-state index is -0.791. The maximum atomic E-state index is 13.0. The summed E-state index contributed by atoms with van der Waals surface area (Å²) in [6.45, 7) is 0.454. The molecule has 0 aliphatic carbocycles. The smallest absolute Gasteiger partial charge is 0.255 e. The number of nitriles is 1. The van der Waals surface area contributed by atoms with Crippen LogP contribution in [-0.4, -0.2) is 23.4 Å². The Balaban J connectivity index is 2.28. The third kappa shape index (κ3) is 2.26. The number of carbonyl (C=O) groups excluding carboxylic acids is 1. The van der Waals surface area contributed by atoms with Crippen LogP contribution >= 0.6 is 0 Å². The van der Waals surface area contributed by atoms with E-state index in [0.717, 1.165) is 18.6 Å². The van der Waals surface area contributed by atoms with E-state index in [2.05, 4.69) is 0 Å². The van der Waals surface area contributed by atoms with Gasteiger partial charge in [-0.15, -0.1) is 0 Å². The van der Waals surface area contributed by atoms with Crippen LogP contribution in [0.15, 0.2) is 18.2 Å². The molecule has 3 nitrogen and oxygen atoms in total. The van der Waals surface area contributed by atoms with E-state index in [4.69, 9.17) is 5.26 Å². The number of carbonyl (C=O) groups is 1. The fourth-order valence-electron chi connectivity index (χ4n) is 1.99. The molecule has 0 spiro atoms. The van der Waals surface area contributed by atoms with Crippen LogP contribution in [0.1, 0.15) is 23.2 Å². The van der Waals surface area contributed by atoms with Crippen LogP contribution < -0.4 is 0 Å². The summed E-state index contributed by atoms with van der Waals surface area (Å²) in [5, 5.41) is 8.85. The molecule has 1 aromatic rings. The van der Waals surface area contributed by atoms with E-state index in [1.807, 2.05) is 6.07 Å². The Morgan fingerprint density at radius 3 is 2.59 bits per heavy atom. The Labute approximate surface area is 97.3 Å². The fraction of sp³-hybridized carbons (Fsp3) is 0.333. The average Bonchev–Trinajstić information content (AvgIpc) is 2.74. The Morgan fingerprint density at radius 2 is 2.00 bits per heavy atom. The molecular formula is C12H10F2N2O. The summed E-state index contributed by atoms with van der Waals surface area (Å²) in [4.78, 5) is 13.3. The largest absolute Gasteiger partial charge is 0.323 e. The van der Waals surface area contributed by atoms with Crippen molar-refractivity contribution >= 4 is 5.91 Å². The predicted molar refractivity (Wildman–Crippen MR) is 56.0 cm³/mol. The van der Waals surface area contributed by atoms with Gasteiger partial charge >= 0.3 is 0 Å². The number of hydrogen-bond acceptors (Lipinski definition) is 2. The number of amides is 1. The van der Waals surface area contributed by atoms with Crippen molar-refractivity contribution in [2.45, 2.75) is 18.9 Å². The lowest BCUT2D eigenvalue weighted by Gasteiger charge is -2.19. The van der Waals surface area contributed by atoms with Crippen molar-refractivity contribution in [1.29, 1.82) is 5.26 Å². The van der Waals surface area contributed by atoms with Gasteiger partial charge in [-0.2, -0.15) is 5.26 Å². The quantitative estimate of drug-likeness (QED) is 0.749. The van der Waals surface area contributed by atoms with Crippen molar-refractivity contribution in [3.8, 4) is 6.07 Å². The predicted octanol–water partition coefficient (Wildman–Crippen LogP) is 2.09. The highest BCUT2D eigenvalue weighted by molar-refractivity contribution is 5.94. The lowest BCUT2D eigenvalue weighted by atomic mass is 10.1. The molecule has 1 heterocycles. The molecule has 1 aliphatic heterocycles. The highest BCUT2D eigenvalue weighted by atomic mass is 19.1. The molecule has 2 rings (SSSR count). The molecule has 0 aromatic heterocycles. The van der Waals surface area contributed by atoms with Gasteiger partial charge in [-0.1, -0.05) is 0 Å². The van der Waals surface area contributed by atoms with Gasteiger partial charge < -0.3 is 4.90 Å². The van der Waals surface area contributed by atoms with Crippen molar-refractivity contribution in [3.63, 3.8) is 0 Å². The first-order valence-electron chi connectivity index (χ1n) is 5.28. The van der Waals surface area contributed by atoms with E-state index in [-0.39, 0.29) is 5.56 Å². The number of rotatable bonds is 1. The first-order chi connectivity index (χ1) is 8.11. The highest BCUT2D eigenvalue weighted by Gasteiger charge is 2.29. The first kappa shape index (κ1) is 11.5. The zero-order valence-electron chi connectivity index (χ0n) is 8.99. The zero-order valence-corrected chi connectivity index (χ0v) is 8.99. The number of benzene rings is 1. The third-order valence-corrected chi connectivity index (χ3v) is 2.77. The first-order valence-corrected chi connectivity index (χ1v) is 5.28. The highest BCUT2D eigenvalue weighted by Crippen LogP contribution is 2.20. The summed E-state index contributed by atoms with van der Waals surface area (Å²) < 4.78 is 26.0. The van der Waals surface area contributed by atoms with E-state index in [0.29, 0.717) is 19.0 Å². The van der Waals surface area contributed by atoms with Crippen molar-refractivity contribution in [2.75, 3.05) is 6.54 Å². The molecule has 5 heteroatoms. The van der Waals surface area contributed by atoms with Gasteiger partial charge in [0.2, 0.25) is 0 Å². The summed E-state index contributed by atoms with van der Waals surface area (Å²) in [7, 11) is 0. The normalized spacial score (nSPS) is 19.1. The molecule has 0 bridgehead atoms. The maximum absolute atomic E-state index is 13.0. The molecule has 1 saturated heterocycles. The van der Waals surface area contributed by atoms with Gasteiger partial charge in [0, 0.05) is 18.2 Å². The van der Waals surface area contributed by atoms with Crippen LogP contribution in [0.4, 0.5) is 8.78 Å². The van der Waals surface area contributed by atoms with E-state index in [1.54, 1.807) is 0 Å². The molecule has 1 unspecified atom stereocenters. The molecule has 0 N–H and O–H groups in total. The Hall–Kier alpha value is -1.96. The molecule has 1 aliphatic rings. The van der Waals surface area contributed by atoms with Crippen LogP contribution in [0.2, 0.25) is 0 Å². The molecule has 1 amide bonds. The number of nitrogens with zero attached hydrogens (tertiary/aromatic N) is 2. The van der Waals surface area contributed by atoms with E-state index in [1.165, 1.54) is 4.90 Å².